The van der Waals surface area contributed by atoms with E-state index >= 15 is 0 Å². The van der Waals surface area contributed by atoms with E-state index in [1.807, 2.05) is 6.92 Å². The maximum Gasteiger partial charge on any atom is 0.256 e. The highest BCUT2D eigenvalue weighted by molar-refractivity contribution is 5.89. The lowest BCUT2D eigenvalue weighted by Gasteiger charge is -2.37. The van der Waals surface area contributed by atoms with E-state index in [2.05, 4.69) is 4.98 Å². The summed E-state index contributed by atoms with van der Waals surface area (Å²) in [6.45, 7) is 3.11. The quantitative estimate of drug-likeness (QED) is 0.814. The number of benzene rings is 1. The van der Waals surface area contributed by atoms with Gasteiger partial charge in [0.1, 0.15) is 11.6 Å². The van der Waals surface area contributed by atoms with Gasteiger partial charge in [0, 0.05) is 24.7 Å². The Balaban J connectivity index is 1.68. The van der Waals surface area contributed by atoms with Gasteiger partial charge in [-0.1, -0.05) is 12.8 Å². The molecule has 1 aromatic heterocycles. The molecule has 0 saturated heterocycles. The van der Waals surface area contributed by atoms with Gasteiger partial charge in [-0.15, -0.1) is 0 Å². The van der Waals surface area contributed by atoms with Crippen molar-refractivity contribution in [2.75, 3.05) is 6.54 Å². The summed E-state index contributed by atoms with van der Waals surface area (Å²) in [4.78, 5) is 32.1. The average Bonchev–Trinajstić information content (AvgIpc) is 3.18. The first kappa shape index (κ1) is 18.8. The zero-order valence-electron chi connectivity index (χ0n) is 15.9. The van der Waals surface area contributed by atoms with E-state index in [1.54, 1.807) is 9.47 Å². The Kier molecular flexibility index (Phi) is 4.77. The van der Waals surface area contributed by atoms with Gasteiger partial charge >= 0.3 is 0 Å². The third kappa shape index (κ3) is 3.02. The van der Waals surface area contributed by atoms with Crippen molar-refractivity contribution < 1.29 is 13.6 Å². The van der Waals surface area contributed by atoms with Gasteiger partial charge in [-0.05, 0) is 43.9 Å². The lowest BCUT2D eigenvalue weighted by Crippen LogP contribution is -2.48. The normalized spacial score (nSPS) is 18.2. The summed E-state index contributed by atoms with van der Waals surface area (Å²) in [6.07, 6.45) is 4.79. The fourth-order valence-corrected chi connectivity index (χ4v) is 4.60. The Morgan fingerprint density at radius 1 is 1.18 bits per heavy atom. The number of aryl methyl sites for hydroxylation is 1. The molecular weight excluding hydrogens is 364 g/mol. The standard InChI is InChI=1S/C21H23F2N3O2/c1-2-25-13-24-18-12-26(8-5-17(18)19(25)27)20(28)21(6-3-4-7-21)14-9-15(22)11-16(23)10-14/h9-11,13H,2-8,12H2,1H3. The molecule has 4 rings (SSSR count). The van der Waals surface area contributed by atoms with Crippen LogP contribution in [0.15, 0.2) is 29.3 Å². The van der Waals surface area contributed by atoms with E-state index in [4.69, 9.17) is 0 Å². The summed E-state index contributed by atoms with van der Waals surface area (Å²) in [5.74, 6) is -1.46. The van der Waals surface area contributed by atoms with Crippen LogP contribution >= 0.6 is 0 Å². The summed E-state index contributed by atoms with van der Waals surface area (Å²) in [7, 11) is 0. The molecule has 1 fully saturated rings. The molecule has 0 unspecified atom stereocenters. The van der Waals surface area contributed by atoms with Crippen LogP contribution in [-0.4, -0.2) is 26.9 Å². The van der Waals surface area contributed by atoms with E-state index in [0.717, 1.165) is 18.9 Å². The van der Waals surface area contributed by atoms with E-state index in [9.17, 15) is 18.4 Å². The van der Waals surface area contributed by atoms with Gasteiger partial charge in [-0.3, -0.25) is 14.2 Å². The first-order chi connectivity index (χ1) is 13.4. The minimum atomic E-state index is -0.904. The molecule has 1 aliphatic heterocycles. The summed E-state index contributed by atoms with van der Waals surface area (Å²) in [5, 5.41) is 0. The van der Waals surface area contributed by atoms with Gasteiger partial charge < -0.3 is 4.90 Å². The minimum Gasteiger partial charge on any atom is -0.336 e. The number of nitrogens with zero attached hydrogens (tertiary/aromatic N) is 3. The van der Waals surface area contributed by atoms with Crippen LogP contribution < -0.4 is 5.56 Å². The molecule has 148 valence electrons. The molecule has 1 amide bonds. The second-order valence-corrected chi connectivity index (χ2v) is 7.69. The van der Waals surface area contributed by atoms with Crippen LogP contribution in [0.3, 0.4) is 0 Å². The molecule has 2 aromatic rings. The van der Waals surface area contributed by atoms with Crippen molar-refractivity contribution in [1.82, 2.24) is 14.5 Å². The Morgan fingerprint density at radius 3 is 2.50 bits per heavy atom. The van der Waals surface area contributed by atoms with Crippen molar-refractivity contribution in [3.8, 4) is 0 Å². The summed E-state index contributed by atoms with van der Waals surface area (Å²) in [5.41, 5.74) is 0.729. The second-order valence-electron chi connectivity index (χ2n) is 7.69. The smallest absolute Gasteiger partial charge is 0.256 e. The molecule has 7 heteroatoms. The van der Waals surface area contributed by atoms with E-state index in [0.29, 0.717) is 49.2 Å². The fourth-order valence-electron chi connectivity index (χ4n) is 4.60. The number of amides is 1. The highest BCUT2D eigenvalue weighted by atomic mass is 19.1. The topological polar surface area (TPSA) is 55.2 Å². The number of hydrogen-bond acceptors (Lipinski definition) is 3. The van der Waals surface area contributed by atoms with Crippen molar-refractivity contribution >= 4 is 5.91 Å². The third-order valence-corrected chi connectivity index (χ3v) is 6.10. The van der Waals surface area contributed by atoms with Gasteiger partial charge in [0.2, 0.25) is 5.91 Å². The van der Waals surface area contributed by atoms with Gasteiger partial charge in [0.15, 0.2) is 0 Å². The summed E-state index contributed by atoms with van der Waals surface area (Å²) >= 11 is 0. The maximum absolute atomic E-state index is 13.9. The van der Waals surface area contributed by atoms with Crippen LogP contribution in [0.5, 0.6) is 0 Å². The first-order valence-corrected chi connectivity index (χ1v) is 9.78. The van der Waals surface area contributed by atoms with E-state index in [1.165, 1.54) is 18.5 Å². The van der Waals surface area contributed by atoms with Crippen LogP contribution in [0.25, 0.3) is 0 Å². The van der Waals surface area contributed by atoms with Gasteiger partial charge in [0.25, 0.3) is 5.56 Å². The zero-order chi connectivity index (χ0) is 19.9. The zero-order valence-corrected chi connectivity index (χ0v) is 15.9. The molecule has 0 spiro atoms. The van der Waals surface area contributed by atoms with Crippen molar-refractivity contribution in [2.24, 2.45) is 0 Å². The molecule has 0 N–H and O–H groups in total. The lowest BCUT2D eigenvalue weighted by molar-refractivity contribution is -0.138. The molecule has 0 atom stereocenters. The third-order valence-electron chi connectivity index (χ3n) is 6.10. The SMILES string of the molecule is CCn1cnc2c(c1=O)CCN(C(=O)C1(c3cc(F)cc(F)c3)CCCC1)C2. The molecule has 2 aliphatic rings. The molecule has 0 bridgehead atoms. The molecule has 1 aromatic carbocycles. The maximum atomic E-state index is 13.9. The molecule has 28 heavy (non-hydrogen) atoms. The summed E-state index contributed by atoms with van der Waals surface area (Å²) < 4.78 is 29.3. The number of carbonyl (C=O) groups excluding carboxylic acids is 1. The van der Waals surface area contributed by atoms with E-state index in [-0.39, 0.29) is 18.0 Å². The van der Waals surface area contributed by atoms with Crippen molar-refractivity contribution in [3.05, 3.63) is 63.3 Å². The number of fused-ring (bicyclic) bond motifs is 1. The lowest BCUT2D eigenvalue weighted by atomic mass is 9.77. The Labute approximate surface area is 162 Å². The highest BCUT2D eigenvalue weighted by Crippen LogP contribution is 2.43. The number of aromatic nitrogens is 2. The predicted molar refractivity (Wildman–Crippen MR) is 99.8 cm³/mol. The summed E-state index contributed by atoms with van der Waals surface area (Å²) in [6, 6.07) is 3.39. The highest BCUT2D eigenvalue weighted by Gasteiger charge is 2.46. The molecule has 5 nitrogen and oxygen atoms in total. The number of rotatable bonds is 3. The molecular formula is C21H23F2N3O2. The van der Waals surface area contributed by atoms with Crippen LogP contribution in [0.4, 0.5) is 8.78 Å². The monoisotopic (exact) mass is 387 g/mol. The van der Waals surface area contributed by atoms with E-state index < -0.39 is 17.0 Å². The van der Waals surface area contributed by atoms with Crippen LogP contribution in [0.2, 0.25) is 0 Å². The van der Waals surface area contributed by atoms with Gasteiger partial charge in [0.05, 0.1) is 24.0 Å². The van der Waals surface area contributed by atoms with Crippen molar-refractivity contribution in [2.45, 2.75) is 57.5 Å². The molecule has 0 radical (unpaired) electrons. The number of halogens is 2. The van der Waals surface area contributed by atoms with Crippen LogP contribution in [0, 0.1) is 11.6 Å². The Morgan fingerprint density at radius 2 is 1.86 bits per heavy atom. The predicted octanol–water partition coefficient (Wildman–Crippen LogP) is 2.94. The van der Waals surface area contributed by atoms with Crippen LogP contribution in [-0.2, 0) is 29.7 Å². The van der Waals surface area contributed by atoms with Gasteiger partial charge in [-0.2, -0.15) is 0 Å². The second kappa shape index (κ2) is 7.11. The molecule has 1 saturated carbocycles. The fraction of sp³-hybridized carbons (Fsp3) is 0.476. The Bertz CT molecular complexity index is 960. The Hall–Kier alpha value is -2.57. The number of hydrogen-bond donors (Lipinski definition) is 0. The van der Waals surface area contributed by atoms with Crippen LogP contribution in [0.1, 0.15) is 49.4 Å². The average molecular weight is 387 g/mol. The minimum absolute atomic E-state index is 0.0534. The largest absolute Gasteiger partial charge is 0.336 e. The molecule has 1 aliphatic carbocycles. The first-order valence-electron chi connectivity index (χ1n) is 9.78. The van der Waals surface area contributed by atoms with Gasteiger partial charge in [-0.25, -0.2) is 13.8 Å². The van der Waals surface area contributed by atoms with Crippen molar-refractivity contribution in [3.63, 3.8) is 0 Å². The molecule has 2 heterocycles. The number of carbonyl (C=O) groups is 1. The van der Waals surface area contributed by atoms with Crippen molar-refractivity contribution in [1.29, 1.82) is 0 Å².